The van der Waals surface area contributed by atoms with Gasteiger partial charge < -0.3 is 19.4 Å². The molecule has 0 saturated carbocycles. The average molecular weight is 377 g/mol. The molecule has 0 bridgehead atoms. The molecule has 0 spiro atoms. The monoisotopic (exact) mass is 376 g/mol. The van der Waals surface area contributed by atoms with E-state index >= 15 is 0 Å². The van der Waals surface area contributed by atoms with Crippen molar-refractivity contribution in [3.8, 4) is 5.75 Å². The summed E-state index contributed by atoms with van der Waals surface area (Å²) in [6.07, 6.45) is 7.47. The molecular weight excluding hydrogens is 352 g/mol. The molecule has 26 heavy (non-hydrogen) atoms. The largest absolute Gasteiger partial charge is 0.470 e. The van der Waals surface area contributed by atoms with E-state index in [4.69, 9.17) is 20.8 Å². The van der Waals surface area contributed by atoms with Crippen LogP contribution in [0.4, 0.5) is 6.01 Å². The van der Waals surface area contributed by atoms with Crippen molar-refractivity contribution in [3.63, 3.8) is 0 Å². The first kappa shape index (κ1) is 17.6. The predicted octanol–water partition coefficient (Wildman–Crippen LogP) is 3.90. The number of benzene rings is 1. The van der Waals surface area contributed by atoms with Crippen LogP contribution in [0.5, 0.6) is 5.75 Å². The third kappa shape index (κ3) is 4.48. The summed E-state index contributed by atoms with van der Waals surface area (Å²) >= 11 is 6.03. The molecule has 3 heterocycles. The van der Waals surface area contributed by atoms with Crippen LogP contribution in [0.15, 0.2) is 22.6 Å². The summed E-state index contributed by atoms with van der Waals surface area (Å²) in [7, 11) is 0. The smallest absolute Gasteiger partial charge is 0.318 e. The topological polar surface area (TPSA) is 63.4 Å². The maximum atomic E-state index is 6.03. The Hall–Kier alpha value is -1.79. The summed E-state index contributed by atoms with van der Waals surface area (Å²) in [6.45, 7) is 3.56. The van der Waals surface area contributed by atoms with Gasteiger partial charge in [0.2, 0.25) is 5.89 Å². The minimum atomic E-state index is -0.162. The molecular formula is C19H25ClN4O2. The molecule has 1 aromatic carbocycles. The van der Waals surface area contributed by atoms with Crippen molar-refractivity contribution in [3.05, 3.63) is 34.7 Å². The number of nitrogens with zero attached hydrogens (tertiary/aromatic N) is 3. The summed E-state index contributed by atoms with van der Waals surface area (Å²) in [5.74, 6) is 1.55. The maximum Gasteiger partial charge on any atom is 0.318 e. The number of halogens is 1. The molecule has 1 unspecified atom stereocenters. The van der Waals surface area contributed by atoms with Crippen molar-refractivity contribution in [2.45, 2.75) is 51.2 Å². The minimum absolute atomic E-state index is 0.162. The van der Waals surface area contributed by atoms with Crippen LogP contribution in [0.25, 0.3) is 0 Å². The molecule has 1 saturated heterocycles. The van der Waals surface area contributed by atoms with Crippen LogP contribution in [-0.4, -0.2) is 41.0 Å². The van der Waals surface area contributed by atoms with Crippen molar-refractivity contribution in [2.75, 3.05) is 25.0 Å². The predicted molar refractivity (Wildman–Crippen MR) is 101 cm³/mol. The first-order valence-corrected chi connectivity index (χ1v) is 9.90. The van der Waals surface area contributed by atoms with Crippen LogP contribution >= 0.6 is 11.6 Å². The van der Waals surface area contributed by atoms with Crippen molar-refractivity contribution in [1.29, 1.82) is 0 Å². The van der Waals surface area contributed by atoms with E-state index in [1.54, 1.807) is 0 Å². The zero-order valence-electron chi connectivity index (χ0n) is 14.9. The van der Waals surface area contributed by atoms with Gasteiger partial charge in [0.25, 0.3) is 0 Å². The Morgan fingerprint density at radius 3 is 2.96 bits per heavy atom. The number of anilines is 1. The highest BCUT2D eigenvalue weighted by atomic mass is 35.5. The Bertz CT molecular complexity index is 730. The standard InChI is InChI=1S/C19H25ClN4O2/c20-15-7-8-16-14(13-15)6-9-17(25-16)21-19-23-22-18(26-19)5-4-12-24-10-2-1-3-11-24/h7-8,13,17H,1-6,9-12H2,(H,21,23). The summed E-state index contributed by atoms with van der Waals surface area (Å²) < 4.78 is 11.7. The van der Waals surface area contributed by atoms with Gasteiger partial charge in [0, 0.05) is 17.9 Å². The number of fused-ring (bicyclic) bond motifs is 1. The average Bonchev–Trinajstić information content (AvgIpc) is 3.10. The van der Waals surface area contributed by atoms with E-state index in [-0.39, 0.29) is 6.23 Å². The maximum absolute atomic E-state index is 6.03. The third-order valence-electron chi connectivity index (χ3n) is 5.03. The van der Waals surface area contributed by atoms with Crippen molar-refractivity contribution in [1.82, 2.24) is 15.1 Å². The Kier molecular flexibility index (Phi) is 5.60. The lowest BCUT2D eigenvalue weighted by Gasteiger charge is -2.26. The number of likely N-dealkylation sites (tertiary alicyclic amines) is 1. The molecule has 0 radical (unpaired) electrons. The van der Waals surface area contributed by atoms with Crippen LogP contribution in [0.1, 0.15) is 43.6 Å². The molecule has 1 N–H and O–H groups in total. The molecule has 7 heteroatoms. The molecule has 1 atom stereocenters. The number of ether oxygens (including phenoxy) is 1. The Morgan fingerprint density at radius 2 is 2.08 bits per heavy atom. The summed E-state index contributed by atoms with van der Waals surface area (Å²) in [6, 6.07) is 6.14. The van der Waals surface area contributed by atoms with Gasteiger partial charge in [-0.1, -0.05) is 23.1 Å². The van der Waals surface area contributed by atoms with E-state index in [1.807, 2.05) is 18.2 Å². The summed E-state index contributed by atoms with van der Waals surface area (Å²) in [5.41, 5.74) is 1.14. The first-order chi connectivity index (χ1) is 12.8. The van der Waals surface area contributed by atoms with Crippen LogP contribution in [0.3, 0.4) is 0 Å². The fourth-order valence-electron chi connectivity index (χ4n) is 3.65. The number of nitrogens with one attached hydrogen (secondary N) is 1. The fourth-order valence-corrected chi connectivity index (χ4v) is 3.84. The molecule has 2 aliphatic rings. The Balaban J connectivity index is 1.25. The Labute approximate surface area is 158 Å². The SMILES string of the molecule is Clc1ccc2c(c1)CCC(Nc1nnc(CCCN3CCCCC3)o1)O2. The van der Waals surface area contributed by atoms with Crippen LogP contribution < -0.4 is 10.1 Å². The lowest BCUT2D eigenvalue weighted by molar-refractivity contribution is 0.196. The molecule has 1 aromatic heterocycles. The minimum Gasteiger partial charge on any atom is -0.470 e. The van der Waals surface area contributed by atoms with E-state index < -0.39 is 0 Å². The van der Waals surface area contributed by atoms with Crippen LogP contribution in [-0.2, 0) is 12.8 Å². The lowest BCUT2D eigenvalue weighted by Crippen LogP contribution is -2.30. The van der Waals surface area contributed by atoms with Gasteiger partial charge in [-0.3, -0.25) is 0 Å². The van der Waals surface area contributed by atoms with Gasteiger partial charge in [0.1, 0.15) is 5.75 Å². The highest BCUT2D eigenvalue weighted by molar-refractivity contribution is 6.30. The molecule has 2 aliphatic heterocycles. The van der Waals surface area contributed by atoms with E-state index in [2.05, 4.69) is 20.4 Å². The second-order valence-corrected chi connectivity index (χ2v) is 7.48. The second kappa shape index (κ2) is 8.27. The number of aromatic nitrogens is 2. The van der Waals surface area contributed by atoms with E-state index in [9.17, 15) is 0 Å². The van der Waals surface area contributed by atoms with Gasteiger partial charge in [0.05, 0.1) is 0 Å². The van der Waals surface area contributed by atoms with Crippen molar-refractivity contribution in [2.24, 2.45) is 0 Å². The summed E-state index contributed by atoms with van der Waals surface area (Å²) in [4.78, 5) is 2.53. The lowest BCUT2D eigenvalue weighted by atomic mass is 10.1. The molecule has 4 rings (SSSR count). The number of rotatable bonds is 6. The molecule has 6 nitrogen and oxygen atoms in total. The highest BCUT2D eigenvalue weighted by Crippen LogP contribution is 2.30. The van der Waals surface area contributed by atoms with Crippen LogP contribution in [0.2, 0.25) is 5.02 Å². The first-order valence-electron chi connectivity index (χ1n) is 9.53. The number of aryl methyl sites for hydroxylation is 2. The van der Waals surface area contributed by atoms with Crippen LogP contribution in [0, 0.1) is 0 Å². The van der Waals surface area contributed by atoms with E-state index in [1.165, 1.54) is 32.4 Å². The summed E-state index contributed by atoms with van der Waals surface area (Å²) in [5, 5.41) is 12.2. The second-order valence-electron chi connectivity index (χ2n) is 7.05. The van der Waals surface area contributed by atoms with Gasteiger partial charge >= 0.3 is 6.01 Å². The van der Waals surface area contributed by atoms with Gasteiger partial charge in [-0.05, 0) is 69.1 Å². The van der Waals surface area contributed by atoms with Crippen molar-refractivity contribution < 1.29 is 9.15 Å². The van der Waals surface area contributed by atoms with Gasteiger partial charge in [-0.2, -0.15) is 0 Å². The number of hydrogen-bond acceptors (Lipinski definition) is 6. The highest BCUT2D eigenvalue weighted by Gasteiger charge is 2.21. The zero-order chi connectivity index (χ0) is 17.8. The zero-order valence-corrected chi connectivity index (χ0v) is 15.7. The normalized spacial score (nSPS) is 20.4. The van der Waals surface area contributed by atoms with Crippen molar-refractivity contribution >= 4 is 17.6 Å². The molecule has 0 amide bonds. The molecule has 140 valence electrons. The molecule has 0 aliphatic carbocycles. The molecule has 2 aromatic rings. The van der Waals surface area contributed by atoms with Gasteiger partial charge in [-0.15, -0.1) is 5.10 Å². The number of hydrogen-bond donors (Lipinski definition) is 1. The number of piperidine rings is 1. The third-order valence-corrected chi connectivity index (χ3v) is 5.27. The van der Waals surface area contributed by atoms with Gasteiger partial charge in [-0.25, -0.2) is 0 Å². The van der Waals surface area contributed by atoms with E-state index in [0.29, 0.717) is 11.9 Å². The van der Waals surface area contributed by atoms with E-state index in [0.717, 1.165) is 48.6 Å². The Morgan fingerprint density at radius 1 is 1.19 bits per heavy atom. The molecule has 1 fully saturated rings. The quantitative estimate of drug-likeness (QED) is 0.824. The fraction of sp³-hybridized carbons (Fsp3) is 0.579. The van der Waals surface area contributed by atoms with Gasteiger partial charge in [0.15, 0.2) is 6.23 Å².